The first-order valence-electron chi connectivity index (χ1n) is 6.97. The van der Waals surface area contributed by atoms with Crippen LogP contribution in [0.25, 0.3) is 0 Å². The van der Waals surface area contributed by atoms with Crippen LogP contribution in [0.1, 0.15) is 32.1 Å². The van der Waals surface area contributed by atoms with Gasteiger partial charge in [0.25, 0.3) is 0 Å². The van der Waals surface area contributed by atoms with Gasteiger partial charge in [-0.2, -0.15) is 11.8 Å². The molecular weight excluding hydrogens is 216 g/mol. The second-order valence-corrected chi connectivity index (χ2v) is 6.83. The van der Waals surface area contributed by atoms with Crippen molar-refractivity contribution >= 4 is 11.8 Å². The average Bonchev–Trinajstić information content (AvgIpc) is 3.18. The van der Waals surface area contributed by atoms with Gasteiger partial charge in [0, 0.05) is 37.5 Å². The Balaban J connectivity index is 1.34. The molecule has 3 rings (SSSR count). The minimum Gasteiger partial charge on any atom is -0.312 e. The lowest BCUT2D eigenvalue weighted by Gasteiger charge is -2.23. The fourth-order valence-electron chi connectivity index (χ4n) is 2.60. The minimum atomic E-state index is 0.812. The zero-order chi connectivity index (χ0) is 10.8. The topological polar surface area (TPSA) is 15.3 Å². The second-order valence-electron chi connectivity index (χ2n) is 5.68. The Morgan fingerprint density at radius 1 is 1.12 bits per heavy atom. The summed E-state index contributed by atoms with van der Waals surface area (Å²) in [5.74, 6) is 3.76. The van der Waals surface area contributed by atoms with Gasteiger partial charge >= 0.3 is 0 Å². The maximum atomic E-state index is 3.73. The summed E-state index contributed by atoms with van der Waals surface area (Å²) in [7, 11) is 0. The molecule has 3 aliphatic rings. The van der Waals surface area contributed by atoms with E-state index in [-0.39, 0.29) is 0 Å². The molecule has 3 fully saturated rings. The molecule has 0 aromatic heterocycles. The third kappa shape index (κ3) is 3.38. The molecule has 1 aliphatic heterocycles. The molecule has 1 unspecified atom stereocenters. The quantitative estimate of drug-likeness (QED) is 0.732. The lowest BCUT2D eigenvalue weighted by atomic mass is 10.2. The molecule has 0 radical (unpaired) electrons. The first-order chi connectivity index (χ1) is 7.92. The smallest absolute Gasteiger partial charge is 0.0166 e. The Morgan fingerprint density at radius 3 is 2.62 bits per heavy atom. The van der Waals surface area contributed by atoms with E-state index in [0.29, 0.717) is 0 Å². The first kappa shape index (κ1) is 11.4. The maximum Gasteiger partial charge on any atom is 0.0166 e. The van der Waals surface area contributed by atoms with E-state index < -0.39 is 0 Å². The molecular formula is C13H24N2S. The van der Waals surface area contributed by atoms with E-state index in [9.17, 15) is 0 Å². The Kier molecular flexibility index (Phi) is 3.75. The molecule has 1 atom stereocenters. The molecule has 2 saturated carbocycles. The van der Waals surface area contributed by atoms with Crippen molar-refractivity contribution in [2.24, 2.45) is 5.92 Å². The minimum absolute atomic E-state index is 0.812. The van der Waals surface area contributed by atoms with Gasteiger partial charge in [-0.1, -0.05) is 0 Å². The summed E-state index contributed by atoms with van der Waals surface area (Å²) in [5.41, 5.74) is 0. The average molecular weight is 240 g/mol. The highest BCUT2D eigenvalue weighted by atomic mass is 32.2. The first-order valence-corrected chi connectivity index (χ1v) is 8.12. The summed E-state index contributed by atoms with van der Waals surface area (Å²) < 4.78 is 0. The summed E-state index contributed by atoms with van der Waals surface area (Å²) in [5, 5.41) is 3.73. The van der Waals surface area contributed by atoms with Crippen LogP contribution in [0.3, 0.4) is 0 Å². The van der Waals surface area contributed by atoms with Gasteiger partial charge in [0.2, 0.25) is 0 Å². The van der Waals surface area contributed by atoms with Crippen LogP contribution in [0.5, 0.6) is 0 Å². The summed E-state index contributed by atoms with van der Waals surface area (Å²) in [6.45, 7) is 3.91. The van der Waals surface area contributed by atoms with Crippen molar-refractivity contribution in [1.82, 2.24) is 10.2 Å². The SMILES string of the molecule is C(CN(CC1CC1)C1CC1)NC1CCSC1. The summed E-state index contributed by atoms with van der Waals surface area (Å²) >= 11 is 2.10. The Labute approximate surface area is 104 Å². The van der Waals surface area contributed by atoms with Crippen molar-refractivity contribution in [1.29, 1.82) is 0 Å². The summed E-state index contributed by atoms with van der Waals surface area (Å²) in [6, 6.07) is 1.77. The molecule has 1 heterocycles. The van der Waals surface area contributed by atoms with Gasteiger partial charge in [0.1, 0.15) is 0 Å². The number of nitrogens with one attached hydrogen (secondary N) is 1. The van der Waals surface area contributed by atoms with Crippen molar-refractivity contribution in [3.8, 4) is 0 Å². The summed E-state index contributed by atoms with van der Waals surface area (Å²) in [4.78, 5) is 2.76. The van der Waals surface area contributed by atoms with Crippen LogP contribution < -0.4 is 5.32 Å². The predicted octanol–water partition coefficient (Wildman–Crippen LogP) is 1.96. The van der Waals surface area contributed by atoms with Gasteiger partial charge in [-0.25, -0.2) is 0 Å². The molecule has 3 heteroatoms. The molecule has 0 aromatic carbocycles. The molecule has 0 spiro atoms. The van der Waals surface area contributed by atoms with E-state index in [1.165, 1.54) is 63.2 Å². The van der Waals surface area contributed by atoms with Gasteiger partial charge in [-0.15, -0.1) is 0 Å². The van der Waals surface area contributed by atoms with Crippen LogP contribution >= 0.6 is 11.8 Å². The number of hydrogen-bond donors (Lipinski definition) is 1. The fourth-order valence-corrected chi connectivity index (χ4v) is 3.79. The number of thioether (sulfide) groups is 1. The third-order valence-electron chi connectivity index (χ3n) is 4.01. The highest BCUT2D eigenvalue weighted by molar-refractivity contribution is 7.99. The van der Waals surface area contributed by atoms with Crippen molar-refractivity contribution < 1.29 is 0 Å². The fraction of sp³-hybridized carbons (Fsp3) is 1.00. The Bertz CT molecular complexity index is 220. The standard InChI is InChI=1S/C13H24N2S/c1-2-11(1)9-15(13-3-4-13)7-6-14-12-5-8-16-10-12/h11-14H,1-10H2. The van der Waals surface area contributed by atoms with Crippen LogP contribution in [-0.2, 0) is 0 Å². The van der Waals surface area contributed by atoms with Gasteiger partial charge in [0.05, 0.1) is 0 Å². The highest BCUT2D eigenvalue weighted by Gasteiger charge is 2.33. The lowest BCUT2D eigenvalue weighted by Crippen LogP contribution is -2.39. The second kappa shape index (κ2) is 5.28. The number of nitrogens with zero attached hydrogens (tertiary/aromatic N) is 1. The Morgan fingerprint density at radius 2 is 2.00 bits per heavy atom. The lowest BCUT2D eigenvalue weighted by molar-refractivity contribution is 0.249. The molecule has 2 aliphatic carbocycles. The van der Waals surface area contributed by atoms with Crippen LogP contribution in [0.15, 0.2) is 0 Å². The zero-order valence-electron chi connectivity index (χ0n) is 10.2. The van der Waals surface area contributed by atoms with E-state index in [0.717, 1.165) is 18.0 Å². The maximum absolute atomic E-state index is 3.73. The molecule has 0 bridgehead atoms. The van der Waals surface area contributed by atoms with Crippen molar-refractivity contribution in [2.45, 2.75) is 44.2 Å². The molecule has 0 aromatic rings. The van der Waals surface area contributed by atoms with Crippen LogP contribution in [0.4, 0.5) is 0 Å². The zero-order valence-corrected chi connectivity index (χ0v) is 11.0. The molecule has 1 N–H and O–H groups in total. The molecule has 2 nitrogen and oxygen atoms in total. The monoisotopic (exact) mass is 240 g/mol. The normalized spacial score (nSPS) is 30.2. The third-order valence-corrected chi connectivity index (χ3v) is 5.18. The summed E-state index contributed by atoms with van der Waals surface area (Å²) in [6.07, 6.45) is 7.31. The molecule has 0 amide bonds. The number of rotatable bonds is 7. The van der Waals surface area contributed by atoms with Gasteiger partial charge in [0.15, 0.2) is 0 Å². The predicted molar refractivity (Wildman–Crippen MR) is 71.1 cm³/mol. The Hall–Kier alpha value is 0.270. The van der Waals surface area contributed by atoms with Crippen LogP contribution in [-0.4, -0.2) is 48.1 Å². The highest BCUT2D eigenvalue weighted by Crippen LogP contribution is 2.34. The van der Waals surface area contributed by atoms with Gasteiger partial charge in [-0.05, 0) is 43.8 Å². The van der Waals surface area contributed by atoms with Crippen LogP contribution in [0, 0.1) is 5.92 Å². The van der Waals surface area contributed by atoms with Crippen LogP contribution in [0.2, 0.25) is 0 Å². The van der Waals surface area contributed by atoms with E-state index in [2.05, 4.69) is 22.0 Å². The van der Waals surface area contributed by atoms with E-state index in [4.69, 9.17) is 0 Å². The van der Waals surface area contributed by atoms with Crippen molar-refractivity contribution in [2.75, 3.05) is 31.1 Å². The van der Waals surface area contributed by atoms with Gasteiger partial charge in [-0.3, -0.25) is 4.90 Å². The van der Waals surface area contributed by atoms with Crippen molar-refractivity contribution in [3.63, 3.8) is 0 Å². The largest absolute Gasteiger partial charge is 0.312 e. The van der Waals surface area contributed by atoms with E-state index in [1.54, 1.807) is 0 Å². The number of hydrogen-bond acceptors (Lipinski definition) is 3. The molecule has 92 valence electrons. The van der Waals surface area contributed by atoms with Crippen molar-refractivity contribution in [3.05, 3.63) is 0 Å². The molecule has 1 saturated heterocycles. The molecule has 16 heavy (non-hydrogen) atoms. The van der Waals surface area contributed by atoms with E-state index >= 15 is 0 Å². The van der Waals surface area contributed by atoms with Gasteiger partial charge < -0.3 is 5.32 Å². The van der Waals surface area contributed by atoms with E-state index in [1.807, 2.05) is 0 Å².